The minimum absolute atomic E-state index is 0.302. The van der Waals surface area contributed by atoms with Crippen LogP contribution >= 0.6 is 0 Å². The van der Waals surface area contributed by atoms with Crippen LogP contribution in [0.3, 0.4) is 0 Å². The summed E-state index contributed by atoms with van der Waals surface area (Å²) < 4.78 is 13.2. The van der Waals surface area contributed by atoms with Crippen molar-refractivity contribution in [3.05, 3.63) is 35.1 Å². The predicted molar refractivity (Wildman–Crippen MR) is 63.7 cm³/mol. The lowest BCUT2D eigenvalue weighted by Gasteiger charge is -2.29. The van der Waals surface area contributed by atoms with Crippen molar-refractivity contribution in [2.24, 2.45) is 0 Å². The highest BCUT2D eigenvalue weighted by Gasteiger charge is 2.22. The van der Waals surface area contributed by atoms with Gasteiger partial charge in [0.25, 0.3) is 0 Å². The molecule has 3 nitrogen and oxygen atoms in total. The third kappa shape index (κ3) is 3.81. The lowest BCUT2D eigenvalue weighted by Crippen LogP contribution is -2.47. The topological polar surface area (TPSA) is 56.0 Å². The zero-order chi connectivity index (χ0) is 13.1. The number of nitriles is 1. The highest BCUT2D eigenvalue weighted by molar-refractivity contribution is 5.33. The van der Waals surface area contributed by atoms with Gasteiger partial charge in [-0.25, -0.2) is 4.39 Å². The molecule has 0 radical (unpaired) electrons. The molecule has 0 fully saturated rings. The molecule has 0 amide bonds. The van der Waals surface area contributed by atoms with E-state index < -0.39 is 17.5 Å². The summed E-state index contributed by atoms with van der Waals surface area (Å²) in [6, 6.07) is 6.12. The normalized spacial score (nSPS) is 13.2. The third-order valence-electron chi connectivity index (χ3n) is 2.88. The summed E-state index contributed by atoms with van der Waals surface area (Å²) in [5, 5.41) is 21.4. The van der Waals surface area contributed by atoms with E-state index in [0.29, 0.717) is 17.7 Å². The Kier molecular flexibility index (Phi) is 4.22. The van der Waals surface area contributed by atoms with Crippen molar-refractivity contribution in [2.45, 2.75) is 39.0 Å². The molecular formula is C13H17FN2O. The maximum Gasteiger partial charge on any atom is 0.124 e. The second-order valence-electron chi connectivity index (χ2n) is 4.71. The molecule has 4 heteroatoms. The first-order valence-corrected chi connectivity index (χ1v) is 5.48. The molecule has 1 unspecified atom stereocenters. The minimum atomic E-state index is -0.522. The van der Waals surface area contributed by atoms with Crippen LogP contribution in [0.1, 0.15) is 31.9 Å². The Bertz CT molecular complexity index is 436. The third-order valence-corrected chi connectivity index (χ3v) is 2.88. The van der Waals surface area contributed by atoms with E-state index in [0.717, 1.165) is 0 Å². The fourth-order valence-corrected chi connectivity index (χ4v) is 1.29. The molecule has 2 N–H and O–H groups in total. The summed E-state index contributed by atoms with van der Waals surface area (Å²) in [5.74, 6) is -0.421. The van der Waals surface area contributed by atoms with Crippen molar-refractivity contribution >= 4 is 0 Å². The van der Waals surface area contributed by atoms with Gasteiger partial charge in [-0.2, -0.15) is 5.26 Å². The SMILES string of the molecule is CC(O)C(C)(C)NCc1cc(F)cc(C#N)c1. The molecule has 0 saturated carbocycles. The monoisotopic (exact) mass is 236 g/mol. The Morgan fingerprint density at radius 1 is 1.47 bits per heavy atom. The van der Waals surface area contributed by atoms with Crippen molar-refractivity contribution in [1.82, 2.24) is 5.32 Å². The van der Waals surface area contributed by atoms with E-state index in [-0.39, 0.29) is 0 Å². The van der Waals surface area contributed by atoms with E-state index in [1.165, 1.54) is 12.1 Å². The van der Waals surface area contributed by atoms with Crippen LogP contribution in [0.4, 0.5) is 4.39 Å². The van der Waals surface area contributed by atoms with Crippen LogP contribution in [0, 0.1) is 17.1 Å². The van der Waals surface area contributed by atoms with Crippen molar-refractivity contribution in [1.29, 1.82) is 5.26 Å². The number of nitrogens with zero attached hydrogens (tertiary/aromatic N) is 1. The van der Waals surface area contributed by atoms with E-state index in [1.807, 2.05) is 19.9 Å². The van der Waals surface area contributed by atoms with Crippen LogP contribution in [0.5, 0.6) is 0 Å². The van der Waals surface area contributed by atoms with Crippen LogP contribution in [0.25, 0.3) is 0 Å². The molecule has 1 atom stereocenters. The molecule has 0 aliphatic rings. The van der Waals surface area contributed by atoms with Gasteiger partial charge in [0.2, 0.25) is 0 Å². The number of rotatable bonds is 4. The van der Waals surface area contributed by atoms with Crippen LogP contribution in [-0.2, 0) is 6.54 Å². The highest BCUT2D eigenvalue weighted by atomic mass is 19.1. The highest BCUT2D eigenvalue weighted by Crippen LogP contribution is 2.12. The maximum absolute atomic E-state index is 13.2. The Hall–Kier alpha value is -1.44. The molecule has 0 aromatic heterocycles. The quantitative estimate of drug-likeness (QED) is 0.840. The summed E-state index contributed by atoms with van der Waals surface area (Å²) in [6.45, 7) is 5.83. The molecule has 0 saturated heterocycles. The van der Waals surface area contributed by atoms with Crippen molar-refractivity contribution in [3.8, 4) is 6.07 Å². The lowest BCUT2D eigenvalue weighted by molar-refractivity contribution is 0.0956. The first-order valence-electron chi connectivity index (χ1n) is 5.48. The van der Waals surface area contributed by atoms with Crippen LogP contribution in [-0.4, -0.2) is 16.7 Å². The van der Waals surface area contributed by atoms with E-state index in [2.05, 4.69) is 5.32 Å². The number of nitrogens with one attached hydrogen (secondary N) is 1. The smallest absolute Gasteiger partial charge is 0.124 e. The van der Waals surface area contributed by atoms with E-state index >= 15 is 0 Å². The fraction of sp³-hybridized carbons (Fsp3) is 0.462. The molecular weight excluding hydrogens is 219 g/mol. The molecule has 0 heterocycles. The fourth-order valence-electron chi connectivity index (χ4n) is 1.29. The molecule has 0 spiro atoms. The number of aliphatic hydroxyl groups is 1. The van der Waals surface area contributed by atoms with E-state index in [4.69, 9.17) is 5.26 Å². The van der Waals surface area contributed by atoms with Crippen LogP contribution in [0.2, 0.25) is 0 Å². The Balaban J connectivity index is 2.77. The lowest BCUT2D eigenvalue weighted by atomic mass is 9.98. The van der Waals surface area contributed by atoms with Crippen LogP contribution < -0.4 is 5.32 Å². The summed E-state index contributed by atoms with van der Waals surface area (Å²) in [7, 11) is 0. The van der Waals surface area contributed by atoms with Crippen LogP contribution in [0.15, 0.2) is 18.2 Å². The van der Waals surface area contributed by atoms with Gasteiger partial charge in [0.05, 0.1) is 17.7 Å². The van der Waals surface area contributed by atoms with Gasteiger partial charge < -0.3 is 10.4 Å². The summed E-state index contributed by atoms with van der Waals surface area (Å²) in [6.07, 6.45) is -0.522. The van der Waals surface area contributed by atoms with Gasteiger partial charge in [-0.3, -0.25) is 0 Å². The van der Waals surface area contributed by atoms with E-state index in [1.54, 1.807) is 13.0 Å². The van der Waals surface area contributed by atoms with Gasteiger partial charge in [0.1, 0.15) is 5.82 Å². The number of hydrogen-bond acceptors (Lipinski definition) is 3. The standard InChI is InChI=1S/C13H17FN2O/c1-9(17)13(2,3)16-8-11-4-10(7-15)5-12(14)6-11/h4-6,9,16-17H,8H2,1-3H3. The summed E-state index contributed by atoms with van der Waals surface area (Å²) in [5.41, 5.74) is 0.533. The van der Waals surface area contributed by atoms with Crippen molar-refractivity contribution in [3.63, 3.8) is 0 Å². The zero-order valence-corrected chi connectivity index (χ0v) is 10.3. The van der Waals surface area contributed by atoms with E-state index in [9.17, 15) is 9.50 Å². The predicted octanol–water partition coefficient (Wildman–Crippen LogP) is 1.95. The summed E-state index contributed by atoms with van der Waals surface area (Å²) in [4.78, 5) is 0. The van der Waals surface area contributed by atoms with Gasteiger partial charge in [-0.05, 0) is 44.5 Å². The number of aliphatic hydroxyl groups excluding tert-OH is 1. The Labute approximate surface area is 101 Å². The molecule has 17 heavy (non-hydrogen) atoms. The first kappa shape index (κ1) is 13.6. The molecule has 0 bridgehead atoms. The largest absolute Gasteiger partial charge is 0.392 e. The number of benzene rings is 1. The maximum atomic E-state index is 13.2. The molecule has 0 aliphatic heterocycles. The van der Waals surface area contributed by atoms with Crippen molar-refractivity contribution in [2.75, 3.05) is 0 Å². The molecule has 0 aliphatic carbocycles. The minimum Gasteiger partial charge on any atom is -0.392 e. The van der Waals surface area contributed by atoms with Crippen molar-refractivity contribution < 1.29 is 9.50 Å². The first-order chi connectivity index (χ1) is 7.85. The molecule has 1 aromatic carbocycles. The average Bonchev–Trinajstić information content (AvgIpc) is 2.25. The number of hydrogen-bond donors (Lipinski definition) is 2. The van der Waals surface area contributed by atoms with Gasteiger partial charge in [-0.1, -0.05) is 0 Å². The Morgan fingerprint density at radius 2 is 2.12 bits per heavy atom. The molecule has 1 rings (SSSR count). The molecule has 1 aromatic rings. The second-order valence-corrected chi connectivity index (χ2v) is 4.71. The van der Waals surface area contributed by atoms with Gasteiger partial charge >= 0.3 is 0 Å². The molecule has 92 valence electrons. The van der Waals surface area contributed by atoms with Gasteiger partial charge in [0.15, 0.2) is 0 Å². The van der Waals surface area contributed by atoms with Gasteiger partial charge in [0, 0.05) is 12.1 Å². The number of halogens is 1. The second kappa shape index (κ2) is 5.26. The average molecular weight is 236 g/mol. The van der Waals surface area contributed by atoms with Gasteiger partial charge in [-0.15, -0.1) is 0 Å². The zero-order valence-electron chi connectivity index (χ0n) is 10.3. The summed E-state index contributed by atoms with van der Waals surface area (Å²) >= 11 is 0. The Morgan fingerprint density at radius 3 is 2.65 bits per heavy atom.